The Morgan fingerprint density at radius 1 is 1.25 bits per heavy atom. The predicted octanol–water partition coefficient (Wildman–Crippen LogP) is 3.00. The van der Waals surface area contributed by atoms with Gasteiger partial charge in [0.1, 0.15) is 5.75 Å². The zero-order valence-electron chi connectivity index (χ0n) is 11.7. The molecule has 0 saturated heterocycles. The largest absolute Gasteiger partial charge is 0.435 e. The van der Waals surface area contributed by atoms with E-state index in [0.717, 1.165) is 13.0 Å². The second-order valence-corrected chi connectivity index (χ2v) is 4.66. The molecule has 0 unspecified atom stereocenters. The third-order valence-electron chi connectivity index (χ3n) is 2.50. The van der Waals surface area contributed by atoms with Gasteiger partial charge in [-0.3, -0.25) is 4.79 Å². The minimum Gasteiger partial charge on any atom is -0.435 e. The molecule has 0 aliphatic carbocycles. The van der Waals surface area contributed by atoms with Gasteiger partial charge in [0.15, 0.2) is 0 Å². The third-order valence-corrected chi connectivity index (χ3v) is 2.50. The first-order valence-electron chi connectivity index (χ1n) is 6.55. The molecule has 1 aromatic rings. The lowest BCUT2D eigenvalue weighted by Gasteiger charge is -2.09. The lowest BCUT2D eigenvalue weighted by Crippen LogP contribution is -2.24. The van der Waals surface area contributed by atoms with Gasteiger partial charge in [-0.2, -0.15) is 8.78 Å². The Morgan fingerprint density at radius 2 is 1.90 bits per heavy atom. The fourth-order valence-corrected chi connectivity index (χ4v) is 1.58. The van der Waals surface area contributed by atoms with E-state index in [1.54, 1.807) is 0 Å². The minimum atomic E-state index is -2.84. The van der Waals surface area contributed by atoms with Gasteiger partial charge in [0, 0.05) is 18.2 Å². The molecule has 112 valence electrons. The Hall–Kier alpha value is -1.69. The van der Waals surface area contributed by atoms with Gasteiger partial charge in [-0.1, -0.05) is 13.8 Å². The molecule has 0 aliphatic heterocycles. The highest BCUT2D eigenvalue weighted by Gasteiger charge is 2.05. The molecule has 4 nitrogen and oxygen atoms in total. The van der Waals surface area contributed by atoms with Gasteiger partial charge in [-0.25, -0.2) is 0 Å². The van der Waals surface area contributed by atoms with Gasteiger partial charge in [0.05, 0.1) is 0 Å². The van der Waals surface area contributed by atoms with Crippen LogP contribution in [0, 0.1) is 0 Å². The average molecular weight is 286 g/mol. The van der Waals surface area contributed by atoms with E-state index in [2.05, 4.69) is 15.4 Å². The first-order valence-corrected chi connectivity index (χ1v) is 6.55. The number of rotatable bonds is 8. The van der Waals surface area contributed by atoms with Crippen LogP contribution >= 0.6 is 0 Å². The van der Waals surface area contributed by atoms with Crippen molar-refractivity contribution in [3.63, 3.8) is 0 Å². The highest BCUT2D eigenvalue weighted by molar-refractivity contribution is 5.90. The van der Waals surface area contributed by atoms with Gasteiger partial charge in [0.25, 0.3) is 0 Å². The number of hydrogen-bond acceptors (Lipinski definition) is 3. The van der Waals surface area contributed by atoms with Crippen molar-refractivity contribution in [2.45, 2.75) is 39.3 Å². The number of hydrogen-bond donors (Lipinski definition) is 2. The van der Waals surface area contributed by atoms with E-state index in [-0.39, 0.29) is 11.7 Å². The Bertz CT molecular complexity index is 408. The molecular formula is C14H20F2N2O2. The second-order valence-electron chi connectivity index (χ2n) is 4.66. The van der Waals surface area contributed by atoms with Crippen LogP contribution in [0.15, 0.2) is 24.3 Å². The van der Waals surface area contributed by atoms with E-state index >= 15 is 0 Å². The Balaban J connectivity index is 2.31. The number of benzene rings is 1. The van der Waals surface area contributed by atoms with Crippen molar-refractivity contribution >= 4 is 11.6 Å². The molecule has 0 bridgehead atoms. The van der Waals surface area contributed by atoms with Crippen molar-refractivity contribution in [3.8, 4) is 5.75 Å². The van der Waals surface area contributed by atoms with Crippen LogP contribution in [0.5, 0.6) is 5.75 Å². The standard InChI is InChI=1S/C14H20F2N2O2/c1-10(2)17-9-3-4-13(19)18-11-5-7-12(8-6-11)20-14(15)16/h5-8,10,14,17H,3-4,9H2,1-2H3,(H,18,19). The van der Waals surface area contributed by atoms with Gasteiger partial charge in [-0.15, -0.1) is 0 Å². The number of anilines is 1. The molecule has 2 N–H and O–H groups in total. The van der Waals surface area contributed by atoms with Gasteiger partial charge in [-0.05, 0) is 37.2 Å². The molecule has 0 radical (unpaired) electrons. The molecule has 20 heavy (non-hydrogen) atoms. The number of halogens is 2. The zero-order valence-corrected chi connectivity index (χ0v) is 11.7. The van der Waals surface area contributed by atoms with Crippen molar-refractivity contribution in [3.05, 3.63) is 24.3 Å². The van der Waals surface area contributed by atoms with Crippen LogP contribution in [0.25, 0.3) is 0 Å². The first-order chi connectivity index (χ1) is 9.47. The Labute approximate surface area is 117 Å². The van der Waals surface area contributed by atoms with Gasteiger partial charge >= 0.3 is 6.61 Å². The highest BCUT2D eigenvalue weighted by atomic mass is 19.3. The Morgan fingerprint density at radius 3 is 2.45 bits per heavy atom. The predicted molar refractivity (Wildman–Crippen MR) is 74.1 cm³/mol. The quantitative estimate of drug-likeness (QED) is 0.722. The highest BCUT2D eigenvalue weighted by Crippen LogP contribution is 2.17. The SMILES string of the molecule is CC(C)NCCCC(=O)Nc1ccc(OC(F)F)cc1. The maximum absolute atomic E-state index is 12.0. The molecule has 0 saturated carbocycles. The number of carbonyl (C=O) groups excluding carboxylic acids is 1. The van der Waals surface area contributed by atoms with E-state index in [0.29, 0.717) is 18.2 Å². The van der Waals surface area contributed by atoms with Crippen molar-refractivity contribution in [1.82, 2.24) is 5.32 Å². The van der Waals surface area contributed by atoms with Crippen molar-refractivity contribution in [2.75, 3.05) is 11.9 Å². The van der Waals surface area contributed by atoms with Gasteiger partial charge < -0.3 is 15.4 Å². The summed E-state index contributed by atoms with van der Waals surface area (Å²) in [4.78, 5) is 11.6. The molecule has 1 amide bonds. The van der Waals surface area contributed by atoms with Crippen LogP contribution in [-0.2, 0) is 4.79 Å². The third kappa shape index (κ3) is 7.04. The monoisotopic (exact) mass is 286 g/mol. The second kappa shape index (κ2) is 8.47. The first kappa shape index (κ1) is 16.4. The van der Waals surface area contributed by atoms with E-state index in [1.165, 1.54) is 24.3 Å². The summed E-state index contributed by atoms with van der Waals surface area (Å²) in [7, 11) is 0. The molecule has 1 aromatic carbocycles. The van der Waals surface area contributed by atoms with Crippen molar-refractivity contribution in [2.24, 2.45) is 0 Å². The molecule has 0 heterocycles. The maximum Gasteiger partial charge on any atom is 0.387 e. The molecule has 0 aromatic heterocycles. The number of amides is 1. The minimum absolute atomic E-state index is 0.0686. The summed E-state index contributed by atoms with van der Waals surface area (Å²) in [6, 6.07) is 6.24. The molecule has 0 fully saturated rings. The van der Waals surface area contributed by atoms with E-state index < -0.39 is 6.61 Å². The zero-order chi connectivity index (χ0) is 15.0. The van der Waals surface area contributed by atoms with Crippen LogP contribution in [-0.4, -0.2) is 25.1 Å². The summed E-state index contributed by atoms with van der Waals surface area (Å²) in [5.74, 6) is -0.0304. The van der Waals surface area contributed by atoms with Crippen molar-refractivity contribution < 1.29 is 18.3 Å². The summed E-state index contributed by atoms with van der Waals surface area (Å²) in [5, 5.41) is 5.92. The molecule has 1 rings (SSSR count). The summed E-state index contributed by atoms with van der Waals surface area (Å²) >= 11 is 0. The smallest absolute Gasteiger partial charge is 0.387 e. The van der Waals surface area contributed by atoms with Crippen LogP contribution < -0.4 is 15.4 Å². The van der Waals surface area contributed by atoms with E-state index in [9.17, 15) is 13.6 Å². The van der Waals surface area contributed by atoms with E-state index in [1.807, 2.05) is 13.8 Å². The fourth-order valence-electron chi connectivity index (χ4n) is 1.58. The summed E-state index contributed by atoms with van der Waals surface area (Å²) in [6.45, 7) is 2.03. The lowest BCUT2D eigenvalue weighted by molar-refractivity contribution is -0.116. The molecular weight excluding hydrogens is 266 g/mol. The number of ether oxygens (including phenoxy) is 1. The number of nitrogens with one attached hydrogen (secondary N) is 2. The molecule has 0 spiro atoms. The van der Waals surface area contributed by atoms with Crippen LogP contribution in [0.3, 0.4) is 0 Å². The topological polar surface area (TPSA) is 50.4 Å². The number of carbonyl (C=O) groups is 1. The average Bonchev–Trinajstić information content (AvgIpc) is 2.36. The summed E-state index contributed by atoms with van der Waals surface area (Å²) in [5.41, 5.74) is 0.563. The van der Waals surface area contributed by atoms with Gasteiger partial charge in [0.2, 0.25) is 5.91 Å². The lowest BCUT2D eigenvalue weighted by atomic mass is 10.2. The van der Waals surface area contributed by atoms with Crippen LogP contribution in [0.2, 0.25) is 0 Å². The normalized spacial score (nSPS) is 10.9. The Kier molecular flexibility index (Phi) is 6.93. The van der Waals surface area contributed by atoms with E-state index in [4.69, 9.17) is 0 Å². The van der Waals surface area contributed by atoms with Crippen LogP contribution in [0.4, 0.5) is 14.5 Å². The summed E-state index contributed by atoms with van der Waals surface area (Å²) < 4.78 is 28.1. The fraction of sp³-hybridized carbons (Fsp3) is 0.500. The maximum atomic E-state index is 12.0. The molecule has 0 atom stereocenters. The molecule has 0 aliphatic rings. The summed E-state index contributed by atoms with van der Waals surface area (Å²) in [6.07, 6.45) is 1.16. The van der Waals surface area contributed by atoms with Crippen molar-refractivity contribution in [1.29, 1.82) is 0 Å². The molecule has 6 heteroatoms. The number of alkyl halides is 2. The van der Waals surface area contributed by atoms with Crippen LogP contribution in [0.1, 0.15) is 26.7 Å².